The fraction of sp³-hybridized carbons (Fsp3) is 0.125. The van der Waals surface area contributed by atoms with Crippen molar-refractivity contribution in [3.05, 3.63) is 34.1 Å². The molecule has 0 atom stereocenters. The predicted molar refractivity (Wildman–Crippen MR) is 48.7 cm³/mol. The third-order valence-corrected chi connectivity index (χ3v) is 1.67. The first-order chi connectivity index (χ1) is 7.54. The van der Waals surface area contributed by atoms with Crippen molar-refractivity contribution in [1.29, 1.82) is 0 Å². The Labute approximate surface area is 87.9 Å². The van der Waals surface area contributed by atoms with E-state index in [9.17, 15) is 23.8 Å². The van der Waals surface area contributed by atoms with Crippen molar-refractivity contribution in [2.75, 3.05) is 11.9 Å². The Morgan fingerprint density at radius 1 is 1.56 bits per heavy atom. The van der Waals surface area contributed by atoms with Gasteiger partial charge < -0.3 is 5.32 Å². The average molecular weight is 232 g/mol. The molecule has 0 unspecified atom stereocenters. The van der Waals surface area contributed by atoms with Crippen molar-refractivity contribution >= 4 is 17.3 Å². The Balaban J connectivity index is 2.87. The van der Waals surface area contributed by atoms with E-state index in [0.717, 1.165) is 12.1 Å². The monoisotopic (exact) mass is 232 g/mol. The molecule has 0 radical (unpaired) electrons. The molecule has 0 bridgehead atoms. The van der Waals surface area contributed by atoms with Gasteiger partial charge in [0, 0.05) is 4.53 Å². The van der Waals surface area contributed by atoms with Gasteiger partial charge >= 0.3 is 5.97 Å². The van der Waals surface area contributed by atoms with E-state index >= 15 is 0 Å². The number of anilines is 1. The minimum atomic E-state index is -1.24. The number of carbonyl (C=O) groups excluding carboxylic acids is 1. The molecule has 0 saturated heterocycles. The zero-order valence-corrected chi connectivity index (χ0v) is 7.78. The number of hydrogen-bond donors (Lipinski definition) is 1. The number of nitrogens with zero attached hydrogens (tertiary/aromatic N) is 1. The molecule has 0 amide bonds. The highest BCUT2D eigenvalue weighted by molar-refractivity contribution is 5.76. The number of rotatable bonds is 4. The lowest BCUT2D eigenvalue weighted by atomic mass is 10.2. The van der Waals surface area contributed by atoms with Crippen LogP contribution in [0, 0.1) is 15.9 Å². The third kappa shape index (κ3) is 2.87. The number of halogens is 2. The summed E-state index contributed by atoms with van der Waals surface area (Å²) in [7, 11) is 0. The van der Waals surface area contributed by atoms with E-state index in [1.807, 2.05) is 0 Å². The van der Waals surface area contributed by atoms with Gasteiger partial charge in [0.1, 0.15) is 18.0 Å². The van der Waals surface area contributed by atoms with Crippen molar-refractivity contribution in [2.24, 2.45) is 0 Å². The van der Waals surface area contributed by atoms with Gasteiger partial charge in [0.25, 0.3) is 5.69 Å². The van der Waals surface area contributed by atoms with Crippen molar-refractivity contribution in [1.82, 2.24) is 0 Å². The lowest BCUT2D eigenvalue weighted by molar-refractivity contribution is -0.384. The summed E-state index contributed by atoms with van der Waals surface area (Å²) < 4.78 is 24.0. The molecule has 1 aromatic carbocycles. The topological polar surface area (TPSA) is 81.5 Å². The molecule has 0 fully saturated rings. The first kappa shape index (κ1) is 11.8. The van der Waals surface area contributed by atoms with Gasteiger partial charge in [0.2, 0.25) is 0 Å². The highest BCUT2D eigenvalue weighted by Crippen LogP contribution is 2.24. The van der Waals surface area contributed by atoms with E-state index in [4.69, 9.17) is 0 Å². The molecule has 1 rings (SSSR count). The fourth-order valence-corrected chi connectivity index (χ4v) is 1.00. The lowest BCUT2D eigenvalue weighted by Gasteiger charge is -2.04. The molecule has 6 nitrogen and oxygen atoms in total. The van der Waals surface area contributed by atoms with E-state index < -0.39 is 28.9 Å². The lowest BCUT2D eigenvalue weighted by Crippen LogP contribution is -2.14. The molecule has 0 aliphatic rings. The summed E-state index contributed by atoms with van der Waals surface area (Å²) in [5.41, 5.74) is -0.650. The van der Waals surface area contributed by atoms with E-state index in [2.05, 4.69) is 10.3 Å². The van der Waals surface area contributed by atoms with E-state index in [-0.39, 0.29) is 5.69 Å². The third-order valence-electron chi connectivity index (χ3n) is 1.67. The van der Waals surface area contributed by atoms with Crippen LogP contribution in [0.5, 0.6) is 0 Å². The predicted octanol–water partition coefficient (Wildman–Crippen LogP) is 1.57. The van der Waals surface area contributed by atoms with Crippen LogP contribution >= 0.6 is 0 Å². The quantitative estimate of drug-likeness (QED) is 0.629. The van der Waals surface area contributed by atoms with Gasteiger partial charge in [-0.1, -0.05) is 0 Å². The maximum atomic E-state index is 12.7. The first-order valence-electron chi connectivity index (χ1n) is 4.04. The highest BCUT2D eigenvalue weighted by atomic mass is 19.3. The van der Waals surface area contributed by atoms with Crippen LogP contribution in [0.3, 0.4) is 0 Å². The number of benzene rings is 1. The van der Waals surface area contributed by atoms with Crippen molar-refractivity contribution < 1.29 is 23.6 Å². The molecule has 0 aliphatic heterocycles. The van der Waals surface area contributed by atoms with Crippen LogP contribution in [0.4, 0.5) is 20.3 Å². The average Bonchev–Trinajstić information content (AvgIpc) is 2.26. The molecular formula is C8H6F2N2O4. The second-order valence-electron chi connectivity index (χ2n) is 2.72. The Bertz CT molecular complexity index is 424. The van der Waals surface area contributed by atoms with Crippen molar-refractivity contribution in [2.45, 2.75) is 0 Å². The molecular weight excluding hydrogens is 226 g/mol. The fourth-order valence-electron chi connectivity index (χ4n) is 1.00. The second kappa shape index (κ2) is 5.01. The van der Waals surface area contributed by atoms with E-state index in [1.165, 1.54) is 0 Å². The SMILES string of the molecule is O=C(CNc1ccc(F)cc1[N+](=O)[O-])OF. The van der Waals surface area contributed by atoms with Gasteiger partial charge in [0.15, 0.2) is 0 Å². The zero-order chi connectivity index (χ0) is 12.1. The highest BCUT2D eigenvalue weighted by Gasteiger charge is 2.15. The maximum Gasteiger partial charge on any atom is 0.367 e. The summed E-state index contributed by atoms with van der Waals surface area (Å²) in [6.07, 6.45) is 0. The molecule has 0 saturated carbocycles. The second-order valence-corrected chi connectivity index (χ2v) is 2.72. The Morgan fingerprint density at radius 3 is 2.81 bits per heavy atom. The number of hydrogen-bond acceptors (Lipinski definition) is 5. The van der Waals surface area contributed by atoms with E-state index in [1.54, 1.807) is 0 Å². The molecule has 0 heterocycles. The van der Waals surface area contributed by atoms with Crippen LogP contribution < -0.4 is 5.32 Å². The van der Waals surface area contributed by atoms with Crippen LogP contribution in [-0.4, -0.2) is 17.4 Å². The number of nitro groups is 1. The normalized spacial score (nSPS) is 9.62. The van der Waals surface area contributed by atoms with Crippen molar-refractivity contribution in [3.8, 4) is 0 Å². The minimum absolute atomic E-state index is 0.100. The van der Waals surface area contributed by atoms with Crippen LogP contribution in [0.2, 0.25) is 0 Å². The van der Waals surface area contributed by atoms with Crippen LogP contribution in [0.15, 0.2) is 18.2 Å². The molecule has 16 heavy (non-hydrogen) atoms. The smallest absolute Gasteiger partial charge is 0.367 e. The standard InChI is InChI=1S/C8H6F2N2O4/c9-5-1-2-6(7(3-5)12(14)15)11-4-8(13)16-10/h1-3,11H,4H2. The molecule has 1 aromatic rings. The first-order valence-corrected chi connectivity index (χ1v) is 4.04. The summed E-state index contributed by atoms with van der Waals surface area (Å²) in [6.45, 7) is -0.594. The van der Waals surface area contributed by atoms with Crippen LogP contribution in [-0.2, 0) is 9.74 Å². The van der Waals surface area contributed by atoms with Gasteiger partial charge in [-0.25, -0.2) is 9.18 Å². The summed E-state index contributed by atoms with van der Waals surface area (Å²) in [4.78, 5) is 22.9. The summed E-state index contributed by atoms with van der Waals surface area (Å²) in [6, 6.07) is 2.72. The number of nitrogens with one attached hydrogen (secondary N) is 1. The van der Waals surface area contributed by atoms with Gasteiger partial charge in [-0.15, -0.1) is 0 Å². The largest absolute Gasteiger partial charge is 0.369 e. The molecule has 8 heteroatoms. The maximum absolute atomic E-state index is 12.7. The van der Waals surface area contributed by atoms with Crippen LogP contribution in [0.1, 0.15) is 0 Å². The van der Waals surface area contributed by atoms with Gasteiger partial charge in [0.05, 0.1) is 11.0 Å². The molecule has 86 valence electrons. The molecule has 0 aliphatic carbocycles. The number of nitro benzene ring substituents is 1. The van der Waals surface area contributed by atoms with Gasteiger partial charge in [-0.05, 0) is 12.1 Å². The van der Waals surface area contributed by atoms with E-state index in [0.29, 0.717) is 6.07 Å². The molecule has 0 aromatic heterocycles. The Morgan fingerprint density at radius 2 is 2.25 bits per heavy atom. The molecule has 1 N–H and O–H groups in total. The summed E-state index contributed by atoms with van der Waals surface area (Å²) in [5, 5.41) is 12.7. The van der Waals surface area contributed by atoms with Crippen LogP contribution in [0.25, 0.3) is 0 Å². The summed E-state index contributed by atoms with van der Waals surface area (Å²) >= 11 is 0. The Hall–Kier alpha value is -2.25. The minimum Gasteiger partial charge on any atom is -0.369 e. The number of carbonyl (C=O) groups is 1. The van der Waals surface area contributed by atoms with Gasteiger partial charge in [-0.3, -0.25) is 15.1 Å². The Kier molecular flexibility index (Phi) is 3.70. The van der Waals surface area contributed by atoms with Gasteiger partial charge in [-0.2, -0.15) is 0 Å². The van der Waals surface area contributed by atoms with Crippen molar-refractivity contribution in [3.63, 3.8) is 0 Å². The zero-order valence-electron chi connectivity index (χ0n) is 7.78. The molecule has 0 spiro atoms. The summed E-state index contributed by atoms with van der Waals surface area (Å²) in [5.74, 6) is -2.02.